The van der Waals surface area contributed by atoms with Gasteiger partial charge in [-0.25, -0.2) is 0 Å². The molecule has 0 aliphatic carbocycles. The van der Waals surface area contributed by atoms with Gasteiger partial charge in [0.1, 0.15) is 0 Å². The van der Waals surface area contributed by atoms with Crippen LogP contribution in [0.5, 0.6) is 0 Å². The Morgan fingerprint density at radius 2 is 2.00 bits per heavy atom. The molecule has 6 nitrogen and oxygen atoms in total. The molecule has 1 atom stereocenters. The van der Waals surface area contributed by atoms with Crippen LogP contribution in [-0.4, -0.2) is 69.4 Å². The number of nitrogens with one attached hydrogen (secondary N) is 3. The monoisotopic (exact) mass is 495 g/mol. The lowest BCUT2D eigenvalue weighted by Crippen LogP contribution is -2.48. The van der Waals surface area contributed by atoms with Crippen molar-refractivity contribution in [3.63, 3.8) is 0 Å². The van der Waals surface area contributed by atoms with Crippen molar-refractivity contribution in [2.24, 2.45) is 4.99 Å². The van der Waals surface area contributed by atoms with Crippen LogP contribution in [0.3, 0.4) is 0 Å². The van der Waals surface area contributed by atoms with Gasteiger partial charge in [0.15, 0.2) is 5.96 Å². The van der Waals surface area contributed by atoms with Crippen LogP contribution in [0.2, 0.25) is 0 Å². The fourth-order valence-corrected chi connectivity index (χ4v) is 3.67. The molecule has 0 aromatic carbocycles. The van der Waals surface area contributed by atoms with Crippen LogP contribution in [0.1, 0.15) is 31.7 Å². The van der Waals surface area contributed by atoms with Gasteiger partial charge in [0.2, 0.25) is 0 Å². The maximum Gasteiger partial charge on any atom is 0.191 e. The van der Waals surface area contributed by atoms with Crippen molar-refractivity contribution in [2.75, 3.05) is 53.0 Å². The number of halogens is 1. The first-order chi connectivity index (χ1) is 12.0. The average Bonchev–Trinajstić information content (AvgIpc) is 3.11. The summed E-state index contributed by atoms with van der Waals surface area (Å²) in [5.41, 5.74) is 0.138. The molecule has 1 aromatic rings. The standard InChI is InChI=1S/C18H33N5OS.HI/c1-18(2,3)22-8-7-20-17(19-4)21-14-15(16-6-5-13-25-16)23-9-11-24-12-10-23;/h5-6,13,15,22H,7-12,14H2,1-4H3,(H2,19,20,21);1H. The summed E-state index contributed by atoms with van der Waals surface area (Å²) >= 11 is 1.82. The van der Waals surface area contributed by atoms with Crippen molar-refractivity contribution in [2.45, 2.75) is 32.4 Å². The number of nitrogens with zero attached hydrogens (tertiary/aromatic N) is 2. The molecule has 8 heteroatoms. The number of aliphatic imine (C=N–C) groups is 1. The third-order valence-electron chi connectivity index (χ3n) is 4.12. The van der Waals surface area contributed by atoms with E-state index in [2.05, 4.69) is 64.1 Å². The molecule has 0 saturated carbocycles. The van der Waals surface area contributed by atoms with Crippen molar-refractivity contribution in [3.05, 3.63) is 22.4 Å². The molecule has 1 aromatic heterocycles. The quantitative estimate of drug-likeness (QED) is 0.235. The number of morpholine rings is 1. The SMILES string of the molecule is CN=C(NCCNC(C)(C)C)NCC(c1cccs1)N1CCOCC1.I. The summed E-state index contributed by atoms with van der Waals surface area (Å²) in [7, 11) is 1.82. The van der Waals surface area contributed by atoms with Gasteiger partial charge in [-0.2, -0.15) is 0 Å². The van der Waals surface area contributed by atoms with Crippen LogP contribution < -0.4 is 16.0 Å². The third kappa shape index (κ3) is 8.51. The van der Waals surface area contributed by atoms with Crippen LogP contribution in [-0.2, 0) is 4.74 Å². The van der Waals surface area contributed by atoms with Gasteiger partial charge in [-0.15, -0.1) is 35.3 Å². The highest BCUT2D eigenvalue weighted by Crippen LogP contribution is 2.25. The average molecular weight is 495 g/mol. The minimum Gasteiger partial charge on any atom is -0.379 e. The molecule has 2 heterocycles. The Labute approximate surface area is 179 Å². The van der Waals surface area contributed by atoms with Crippen LogP contribution in [0, 0.1) is 0 Å². The number of guanidine groups is 1. The number of ether oxygens (including phenoxy) is 1. The lowest BCUT2D eigenvalue weighted by molar-refractivity contribution is 0.0177. The topological polar surface area (TPSA) is 60.9 Å². The molecule has 0 radical (unpaired) electrons. The first-order valence-corrected chi connectivity index (χ1v) is 9.92. The van der Waals surface area contributed by atoms with Crippen molar-refractivity contribution >= 4 is 41.3 Å². The predicted molar refractivity (Wildman–Crippen MR) is 122 cm³/mol. The molecule has 2 rings (SSSR count). The summed E-state index contributed by atoms with van der Waals surface area (Å²) in [6.07, 6.45) is 0. The summed E-state index contributed by atoms with van der Waals surface area (Å²) in [5, 5.41) is 12.5. The first-order valence-electron chi connectivity index (χ1n) is 9.04. The summed E-state index contributed by atoms with van der Waals surface area (Å²) in [4.78, 5) is 8.23. The molecule has 3 N–H and O–H groups in total. The van der Waals surface area contributed by atoms with Gasteiger partial charge >= 0.3 is 0 Å². The highest BCUT2D eigenvalue weighted by Gasteiger charge is 2.23. The highest BCUT2D eigenvalue weighted by atomic mass is 127. The summed E-state index contributed by atoms with van der Waals surface area (Å²) < 4.78 is 5.51. The van der Waals surface area contributed by atoms with E-state index < -0.39 is 0 Å². The number of rotatable bonds is 7. The third-order valence-corrected chi connectivity index (χ3v) is 5.09. The number of thiophene rings is 1. The van der Waals surface area contributed by atoms with Gasteiger partial charge in [0.05, 0.1) is 19.3 Å². The Hall–Kier alpha value is -0.420. The van der Waals surface area contributed by atoms with Crippen LogP contribution in [0.15, 0.2) is 22.5 Å². The summed E-state index contributed by atoms with van der Waals surface area (Å²) in [6, 6.07) is 4.70. The molecular formula is C18H34IN5OS. The lowest BCUT2D eigenvalue weighted by atomic mass is 10.1. The maximum atomic E-state index is 5.51. The van der Waals surface area contributed by atoms with Crippen molar-refractivity contribution in [3.8, 4) is 0 Å². The molecule has 0 bridgehead atoms. The minimum atomic E-state index is 0. The van der Waals surface area contributed by atoms with Crippen molar-refractivity contribution < 1.29 is 4.74 Å². The predicted octanol–water partition coefficient (Wildman–Crippen LogP) is 2.29. The summed E-state index contributed by atoms with van der Waals surface area (Å²) in [6.45, 7) is 12.7. The zero-order valence-corrected chi connectivity index (χ0v) is 19.5. The molecule has 1 unspecified atom stereocenters. The van der Waals surface area contributed by atoms with Gasteiger partial charge in [-0.1, -0.05) is 6.07 Å². The second kappa shape index (κ2) is 12.1. The van der Waals surface area contributed by atoms with E-state index in [1.807, 2.05) is 18.4 Å². The summed E-state index contributed by atoms with van der Waals surface area (Å²) in [5.74, 6) is 0.852. The Morgan fingerprint density at radius 1 is 1.27 bits per heavy atom. The molecule has 0 spiro atoms. The molecule has 1 fully saturated rings. The van der Waals surface area contributed by atoms with E-state index in [0.29, 0.717) is 6.04 Å². The second-order valence-corrected chi connectivity index (χ2v) is 8.22. The fourth-order valence-electron chi connectivity index (χ4n) is 2.81. The molecular weight excluding hydrogens is 461 g/mol. The molecule has 1 aliphatic heterocycles. The molecule has 0 amide bonds. The Kier molecular flexibility index (Phi) is 11.0. The van der Waals surface area contributed by atoms with Gasteiger partial charge in [-0.3, -0.25) is 9.89 Å². The lowest BCUT2D eigenvalue weighted by Gasteiger charge is -2.34. The van der Waals surface area contributed by atoms with E-state index in [1.54, 1.807) is 0 Å². The largest absolute Gasteiger partial charge is 0.379 e. The van der Waals surface area contributed by atoms with Crippen LogP contribution in [0.4, 0.5) is 0 Å². The Bertz CT molecular complexity index is 512. The minimum absolute atomic E-state index is 0. The fraction of sp³-hybridized carbons (Fsp3) is 0.722. The Balaban J connectivity index is 0.00000338. The zero-order valence-electron chi connectivity index (χ0n) is 16.4. The molecule has 26 heavy (non-hydrogen) atoms. The van der Waals surface area contributed by atoms with E-state index in [9.17, 15) is 0 Å². The van der Waals surface area contributed by atoms with Crippen molar-refractivity contribution in [1.82, 2.24) is 20.9 Å². The first kappa shape index (κ1) is 23.6. The maximum absolute atomic E-state index is 5.51. The van der Waals surface area contributed by atoms with Crippen LogP contribution in [0.25, 0.3) is 0 Å². The molecule has 1 saturated heterocycles. The number of hydrogen-bond acceptors (Lipinski definition) is 5. The molecule has 150 valence electrons. The second-order valence-electron chi connectivity index (χ2n) is 7.24. The van der Waals surface area contributed by atoms with E-state index >= 15 is 0 Å². The zero-order chi connectivity index (χ0) is 18.1. The van der Waals surface area contributed by atoms with Gasteiger partial charge < -0.3 is 20.7 Å². The van der Waals surface area contributed by atoms with Gasteiger partial charge in [0.25, 0.3) is 0 Å². The van der Waals surface area contributed by atoms with Crippen molar-refractivity contribution in [1.29, 1.82) is 0 Å². The van der Waals surface area contributed by atoms with Gasteiger partial charge in [-0.05, 0) is 32.2 Å². The molecule has 1 aliphatic rings. The van der Waals surface area contributed by atoms with E-state index in [0.717, 1.165) is 51.9 Å². The van der Waals surface area contributed by atoms with E-state index in [4.69, 9.17) is 4.74 Å². The normalized spacial score (nSPS) is 17.5. The smallest absolute Gasteiger partial charge is 0.191 e. The highest BCUT2D eigenvalue weighted by molar-refractivity contribution is 14.0. The van der Waals surface area contributed by atoms with E-state index in [1.165, 1.54) is 4.88 Å². The number of hydrogen-bond donors (Lipinski definition) is 3. The Morgan fingerprint density at radius 3 is 2.58 bits per heavy atom. The van der Waals surface area contributed by atoms with Crippen LogP contribution >= 0.6 is 35.3 Å². The van der Waals surface area contributed by atoms with E-state index in [-0.39, 0.29) is 29.5 Å². The van der Waals surface area contributed by atoms with Gasteiger partial charge in [0, 0.05) is 50.2 Å².